The molecular weight excluding hydrogens is 408 g/mol. The molecule has 0 fully saturated rings. The fraction of sp³-hybridized carbons (Fsp3) is 0.143. The van der Waals surface area contributed by atoms with Crippen molar-refractivity contribution in [2.75, 3.05) is 5.32 Å². The number of hydrogen-bond acceptors (Lipinski definition) is 1. The second-order valence-electron chi connectivity index (χ2n) is 4.05. The minimum Gasteiger partial charge on any atom is -0.378 e. The third kappa shape index (κ3) is 3.45. The predicted octanol–water partition coefficient (Wildman–Crippen LogP) is 5.37. The second kappa shape index (κ2) is 6.02. The molecule has 0 radical (unpaired) electrons. The first-order valence-corrected chi connectivity index (χ1v) is 7.40. The Bertz CT molecular complexity index is 542. The lowest BCUT2D eigenvalue weighted by Crippen LogP contribution is -2.06. The smallest absolute Gasteiger partial charge is 0.137 e. The van der Waals surface area contributed by atoms with E-state index in [0.29, 0.717) is 4.47 Å². The highest BCUT2D eigenvalue weighted by molar-refractivity contribution is 14.1. The van der Waals surface area contributed by atoms with Crippen molar-refractivity contribution in [1.29, 1.82) is 0 Å². The molecule has 0 bridgehead atoms. The maximum Gasteiger partial charge on any atom is 0.137 e. The molecule has 4 heteroatoms. The van der Waals surface area contributed by atoms with Crippen molar-refractivity contribution < 1.29 is 4.39 Å². The Kier molecular flexibility index (Phi) is 4.61. The van der Waals surface area contributed by atoms with E-state index in [1.165, 1.54) is 15.2 Å². The Hall–Kier alpha value is -0.620. The largest absolute Gasteiger partial charge is 0.378 e. The Morgan fingerprint density at radius 1 is 1.17 bits per heavy atom. The van der Waals surface area contributed by atoms with E-state index in [2.05, 4.69) is 75.0 Å². The van der Waals surface area contributed by atoms with Gasteiger partial charge in [-0.25, -0.2) is 4.39 Å². The van der Waals surface area contributed by atoms with Crippen molar-refractivity contribution in [1.82, 2.24) is 0 Å². The van der Waals surface area contributed by atoms with Crippen LogP contribution in [-0.2, 0) is 0 Å². The number of hydrogen-bond donors (Lipinski definition) is 1. The minimum absolute atomic E-state index is 0.180. The van der Waals surface area contributed by atoms with E-state index in [1.54, 1.807) is 12.1 Å². The molecule has 0 spiro atoms. The van der Waals surface area contributed by atoms with Crippen molar-refractivity contribution in [2.45, 2.75) is 13.0 Å². The molecule has 0 aliphatic carbocycles. The van der Waals surface area contributed by atoms with Crippen LogP contribution in [0.5, 0.6) is 0 Å². The van der Waals surface area contributed by atoms with Crippen LogP contribution in [0, 0.1) is 9.39 Å². The first kappa shape index (κ1) is 13.8. The lowest BCUT2D eigenvalue weighted by molar-refractivity contribution is 0.621. The second-order valence-corrected chi connectivity index (χ2v) is 6.15. The highest BCUT2D eigenvalue weighted by atomic mass is 127. The highest BCUT2D eigenvalue weighted by Crippen LogP contribution is 2.24. The molecule has 94 valence electrons. The third-order valence-electron chi connectivity index (χ3n) is 2.67. The standard InChI is InChI=1S/C14H12BrFIN/c1-9(10-2-4-11(17)5-3-10)18-12-6-7-14(16)13(15)8-12/h2-9,18H,1H3. The molecule has 2 aromatic carbocycles. The van der Waals surface area contributed by atoms with Gasteiger partial charge in [-0.2, -0.15) is 0 Å². The summed E-state index contributed by atoms with van der Waals surface area (Å²) in [4.78, 5) is 0. The van der Waals surface area contributed by atoms with Crippen LogP contribution in [0.15, 0.2) is 46.9 Å². The summed E-state index contributed by atoms with van der Waals surface area (Å²) in [7, 11) is 0. The van der Waals surface area contributed by atoms with Gasteiger partial charge in [0.2, 0.25) is 0 Å². The van der Waals surface area contributed by atoms with Gasteiger partial charge in [0, 0.05) is 15.3 Å². The molecule has 1 atom stereocenters. The number of anilines is 1. The summed E-state index contributed by atoms with van der Waals surface area (Å²) in [6.07, 6.45) is 0. The molecule has 0 heterocycles. The van der Waals surface area contributed by atoms with Crippen LogP contribution >= 0.6 is 38.5 Å². The number of benzene rings is 2. The molecule has 0 aliphatic rings. The fourth-order valence-corrected chi connectivity index (χ4v) is 2.41. The van der Waals surface area contributed by atoms with E-state index in [1.807, 2.05) is 0 Å². The number of rotatable bonds is 3. The van der Waals surface area contributed by atoms with Gasteiger partial charge in [0.05, 0.1) is 4.47 Å². The van der Waals surface area contributed by atoms with Gasteiger partial charge in [-0.1, -0.05) is 12.1 Å². The molecule has 0 amide bonds. The first-order chi connectivity index (χ1) is 8.56. The van der Waals surface area contributed by atoms with Gasteiger partial charge in [-0.15, -0.1) is 0 Å². The molecule has 1 nitrogen and oxygen atoms in total. The minimum atomic E-state index is -0.248. The lowest BCUT2D eigenvalue weighted by Gasteiger charge is -2.16. The van der Waals surface area contributed by atoms with Gasteiger partial charge in [-0.3, -0.25) is 0 Å². The van der Waals surface area contributed by atoms with Gasteiger partial charge >= 0.3 is 0 Å². The Labute approximate surface area is 128 Å². The Balaban J connectivity index is 2.13. The van der Waals surface area contributed by atoms with E-state index in [9.17, 15) is 4.39 Å². The molecule has 1 N–H and O–H groups in total. The van der Waals surface area contributed by atoms with Gasteiger partial charge < -0.3 is 5.32 Å². The SMILES string of the molecule is CC(Nc1ccc(F)c(Br)c1)c1ccc(I)cc1. The molecule has 0 aromatic heterocycles. The fourth-order valence-electron chi connectivity index (χ4n) is 1.67. The van der Waals surface area contributed by atoms with Crippen molar-refractivity contribution in [2.24, 2.45) is 0 Å². The molecule has 2 aromatic rings. The van der Waals surface area contributed by atoms with E-state index >= 15 is 0 Å². The monoisotopic (exact) mass is 419 g/mol. The van der Waals surface area contributed by atoms with Gasteiger partial charge in [0.25, 0.3) is 0 Å². The van der Waals surface area contributed by atoms with Crippen molar-refractivity contribution in [3.63, 3.8) is 0 Å². The highest BCUT2D eigenvalue weighted by Gasteiger charge is 2.06. The van der Waals surface area contributed by atoms with Gasteiger partial charge in [-0.05, 0) is 81.3 Å². The quantitative estimate of drug-likeness (QED) is 0.660. The van der Waals surface area contributed by atoms with Crippen LogP contribution < -0.4 is 5.32 Å². The van der Waals surface area contributed by atoms with Crippen LogP contribution in [-0.4, -0.2) is 0 Å². The third-order valence-corrected chi connectivity index (χ3v) is 4.00. The summed E-state index contributed by atoms with van der Waals surface area (Å²) >= 11 is 5.47. The zero-order chi connectivity index (χ0) is 13.1. The van der Waals surface area contributed by atoms with E-state index in [4.69, 9.17) is 0 Å². The normalized spacial score (nSPS) is 12.2. The molecule has 0 aliphatic heterocycles. The maximum atomic E-state index is 13.1. The zero-order valence-corrected chi connectivity index (χ0v) is 13.5. The summed E-state index contributed by atoms with van der Waals surface area (Å²) in [5.74, 6) is -0.248. The molecule has 1 unspecified atom stereocenters. The first-order valence-electron chi connectivity index (χ1n) is 5.53. The average molecular weight is 420 g/mol. The van der Waals surface area contributed by atoms with Crippen LogP contribution in [0.3, 0.4) is 0 Å². The Morgan fingerprint density at radius 3 is 2.44 bits per heavy atom. The summed E-state index contributed by atoms with van der Waals surface area (Å²) < 4.78 is 14.8. The molecule has 0 saturated heterocycles. The maximum absolute atomic E-state index is 13.1. The van der Waals surface area contributed by atoms with Crippen LogP contribution in [0.1, 0.15) is 18.5 Å². The molecule has 2 rings (SSSR count). The van der Waals surface area contributed by atoms with E-state index < -0.39 is 0 Å². The topological polar surface area (TPSA) is 12.0 Å². The van der Waals surface area contributed by atoms with E-state index in [-0.39, 0.29) is 11.9 Å². The van der Waals surface area contributed by atoms with Crippen molar-refractivity contribution in [3.05, 3.63) is 61.9 Å². The van der Waals surface area contributed by atoms with Gasteiger partial charge in [0.15, 0.2) is 0 Å². The molecule has 18 heavy (non-hydrogen) atoms. The summed E-state index contributed by atoms with van der Waals surface area (Å²) in [6, 6.07) is 13.5. The lowest BCUT2D eigenvalue weighted by atomic mass is 10.1. The summed E-state index contributed by atoms with van der Waals surface area (Å²) in [5, 5.41) is 3.35. The number of nitrogens with one attached hydrogen (secondary N) is 1. The molecular formula is C14H12BrFIN. The average Bonchev–Trinajstić information content (AvgIpc) is 2.34. The van der Waals surface area contributed by atoms with Gasteiger partial charge in [0.1, 0.15) is 5.82 Å². The summed E-state index contributed by atoms with van der Waals surface area (Å²) in [6.45, 7) is 2.08. The van der Waals surface area contributed by atoms with E-state index in [0.717, 1.165) is 5.69 Å². The van der Waals surface area contributed by atoms with Crippen LogP contribution in [0.25, 0.3) is 0 Å². The summed E-state index contributed by atoms with van der Waals surface area (Å²) in [5.41, 5.74) is 2.10. The van der Waals surface area contributed by atoms with Crippen LogP contribution in [0.2, 0.25) is 0 Å². The van der Waals surface area contributed by atoms with Crippen molar-refractivity contribution >= 4 is 44.2 Å². The molecule has 0 saturated carbocycles. The predicted molar refractivity (Wildman–Crippen MR) is 85.3 cm³/mol. The zero-order valence-electron chi connectivity index (χ0n) is 9.75. The van der Waals surface area contributed by atoms with Crippen LogP contribution in [0.4, 0.5) is 10.1 Å². The number of halogens is 3. The Morgan fingerprint density at radius 2 is 1.83 bits per heavy atom. The van der Waals surface area contributed by atoms with Crippen molar-refractivity contribution in [3.8, 4) is 0 Å².